The molecule has 1 aliphatic heterocycles. The molecule has 102 valence electrons. The van der Waals surface area contributed by atoms with Crippen molar-refractivity contribution in [1.29, 1.82) is 0 Å². The van der Waals surface area contributed by atoms with Gasteiger partial charge in [-0.05, 0) is 31.5 Å². The molecule has 2 rings (SSSR count). The predicted octanol–water partition coefficient (Wildman–Crippen LogP) is 1.73. The van der Waals surface area contributed by atoms with Gasteiger partial charge in [0.1, 0.15) is 12.4 Å². The number of carbonyl (C=O) groups is 1. The van der Waals surface area contributed by atoms with Crippen LogP contribution in [0.15, 0.2) is 36.9 Å². The number of nitrogens with one attached hydrogen (secondary N) is 2. The van der Waals surface area contributed by atoms with Crippen LogP contribution in [0, 0.1) is 0 Å². The minimum absolute atomic E-state index is 0.0756. The van der Waals surface area contributed by atoms with Crippen LogP contribution in [-0.4, -0.2) is 31.6 Å². The first-order valence-corrected chi connectivity index (χ1v) is 6.65. The van der Waals surface area contributed by atoms with E-state index >= 15 is 0 Å². The summed E-state index contributed by atoms with van der Waals surface area (Å²) in [6, 6.07) is 7.49. The van der Waals surface area contributed by atoms with E-state index in [1.807, 2.05) is 12.1 Å². The number of para-hydroxylation sites is 1. The Hall–Kier alpha value is -1.81. The molecule has 0 spiro atoms. The fourth-order valence-electron chi connectivity index (χ4n) is 2.17. The van der Waals surface area contributed by atoms with Crippen LogP contribution >= 0.6 is 0 Å². The van der Waals surface area contributed by atoms with Gasteiger partial charge in [-0.15, -0.1) is 0 Å². The van der Waals surface area contributed by atoms with E-state index in [0.717, 1.165) is 25.9 Å². The molecule has 1 fully saturated rings. The first kappa shape index (κ1) is 13.6. The molecular formula is C15H20N2O2. The zero-order valence-electron chi connectivity index (χ0n) is 11.0. The molecule has 1 saturated heterocycles. The fraction of sp³-hybridized carbons (Fsp3) is 0.400. The molecule has 1 aliphatic rings. The Morgan fingerprint density at radius 2 is 2.37 bits per heavy atom. The van der Waals surface area contributed by atoms with Gasteiger partial charge in [0.05, 0.1) is 5.56 Å². The summed E-state index contributed by atoms with van der Waals surface area (Å²) in [5.74, 6) is 0.525. The summed E-state index contributed by atoms with van der Waals surface area (Å²) in [6.07, 6.45) is 3.79. The molecule has 4 nitrogen and oxygen atoms in total. The molecule has 2 N–H and O–H groups in total. The maximum atomic E-state index is 12.3. The highest BCUT2D eigenvalue weighted by molar-refractivity contribution is 5.97. The van der Waals surface area contributed by atoms with Crippen molar-refractivity contribution >= 4 is 5.91 Å². The van der Waals surface area contributed by atoms with Crippen LogP contribution in [0.5, 0.6) is 5.75 Å². The van der Waals surface area contributed by atoms with Crippen LogP contribution in [0.4, 0.5) is 0 Å². The van der Waals surface area contributed by atoms with Crippen LogP contribution in [0.3, 0.4) is 0 Å². The molecule has 1 aromatic rings. The van der Waals surface area contributed by atoms with E-state index in [1.165, 1.54) is 0 Å². The van der Waals surface area contributed by atoms with Gasteiger partial charge in [0.2, 0.25) is 0 Å². The summed E-state index contributed by atoms with van der Waals surface area (Å²) < 4.78 is 5.50. The van der Waals surface area contributed by atoms with Crippen molar-refractivity contribution < 1.29 is 9.53 Å². The minimum Gasteiger partial charge on any atom is -0.489 e. The van der Waals surface area contributed by atoms with Crippen molar-refractivity contribution in [3.63, 3.8) is 0 Å². The van der Waals surface area contributed by atoms with Crippen LogP contribution in [0.2, 0.25) is 0 Å². The highest BCUT2D eigenvalue weighted by atomic mass is 16.5. The van der Waals surface area contributed by atoms with Crippen molar-refractivity contribution in [2.75, 3.05) is 19.7 Å². The number of benzene rings is 1. The van der Waals surface area contributed by atoms with Crippen molar-refractivity contribution in [2.45, 2.75) is 18.9 Å². The zero-order chi connectivity index (χ0) is 13.5. The van der Waals surface area contributed by atoms with Crippen LogP contribution in [0.1, 0.15) is 23.2 Å². The lowest BCUT2D eigenvalue weighted by Gasteiger charge is -2.24. The van der Waals surface area contributed by atoms with E-state index < -0.39 is 0 Å². The quantitative estimate of drug-likeness (QED) is 0.793. The Kier molecular flexibility index (Phi) is 4.98. The highest BCUT2D eigenvalue weighted by Gasteiger charge is 2.18. The summed E-state index contributed by atoms with van der Waals surface area (Å²) in [6.45, 7) is 5.88. The number of ether oxygens (including phenoxy) is 1. The lowest BCUT2D eigenvalue weighted by Crippen LogP contribution is -2.45. The van der Waals surface area contributed by atoms with Gasteiger partial charge in [0, 0.05) is 12.6 Å². The molecule has 1 amide bonds. The zero-order valence-corrected chi connectivity index (χ0v) is 11.0. The van der Waals surface area contributed by atoms with Gasteiger partial charge < -0.3 is 15.4 Å². The number of rotatable bonds is 5. The van der Waals surface area contributed by atoms with Gasteiger partial charge in [0.25, 0.3) is 5.91 Å². The van der Waals surface area contributed by atoms with E-state index in [9.17, 15) is 4.79 Å². The van der Waals surface area contributed by atoms with Gasteiger partial charge in [0.15, 0.2) is 0 Å². The highest BCUT2D eigenvalue weighted by Crippen LogP contribution is 2.18. The van der Waals surface area contributed by atoms with Crippen molar-refractivity contribution in [3.05, 3.63) is 42.5 Å². The number of piperidine rings is 1. The normalized spacial score (nSPS) is 18.6. The Bertz CT molecular complexity index is 440. The fourth-order valence-corrected chi connectivity index (χ4v) is 2.17. The molecule has 0 bridgehead atoms. The second-order valence-corrected chi connectivity index (χ2v) is 4.61. The average molecular weight is 260 g/mol. The van der Waals surface area contributed by atoms with Crippen molar-refractivity contribution in [2.24, 2.45) is 0 Å². The first-order chi connectivity index (χ1) is 9.31. The SMILES string of the molecule is C=CCOc1ccccc1C(=O)NC1CCCNC1. The number of hydrogen-bond acceptors (Lipinski definition) is 3. The predicted molar refractivity (Wildman–Crippen MR) is 75.5 cm³/mol. The smallest absolute Gasteiger partial charge is 0.255 e. The molecule has 0 radical (unpaired) electrons. The maximum absolute atomic E-state index is 12.3. The molecule has 4 heteroatoms. The molecule has 0 saturated carbocycles. The van der Waals surface area contributed by atoms with Crippen molar-refractivity contribution in [1.82, 2.24) is 10.6 Å². The lowest BCUT2D eigenvalue weighted by molar-refractivity contribution is 0.0927. The van der Waals surface area contributed by atoms with Gasteiger partial charge in [-0.25, -0.2) is 0 Å². The average Bonchev–Trinajstić information content (AvgIpc) is 2.46. The largest absolute Gasteiger partial charge is 0.489 e. The molecule has 19 heavy (non-hydrogen) atoms. The van der Waals surface area contributed by atoms with Gasteiger partial charge in [-0.3, -0.25) is 4.79 Å². The van der Waals surface area contributed by atoms with Gasteiger partial charge >= 0.3 is 0 Å². The van der Waals surface area contributed by atoms with Crippen LogP contribution < -0.4 is 15.4 Å². The molecule has 1 aromatic carbocycles. The molecule has 0 aromatic heterocycles. The Morgan fingerprint density at radius 1 is 1.53 bits per heavy atom. The van der Waals surface area contributed by atoms with Gasteiger partial charge in [-0.1, -0.05) is 24.8 Å². The summed E-state index contributed by atoms with van der Waals surface area (Å²) in [5.41, 5.74) is 0.579. The third-order valence-electron chi connectivity index (χ3n) is 3.12. The second-order valence-electron chi connectivity index (χ2n) is 4.61. The lowest BCUT2D eigenvalue weighted by atomic mass is 10.1. The monoisotopic (exact) mass is 260 g/mol. The molecule has 1 atom stereocenters. The molecule has 0 aliphatic carbocycles. The van der Waals surface area contributed by atoms with E-state index in [0.29, 0.717) is 17.9 Å². The van der Waals surface area contributed by atoms with E-state index in [4.69, 9.17) is 4.74 Å². The minimum atomic E-state index is -0.0756. The Balaban J connectivity index is 2.02. The van der Waals surface area contributed by atoms with E-state index in [2.05, 4.69) is 17.2 Å². The Morgan fingerprint density at radius 3 is 3.11 bits per heavy atom. The summed E-state index contributed by atoms with van der Waals surface area (Å²) in [7, 11) is 0. The third-order valence-corrected chi connectivity index (χ3v) is 3.12. The molecule has 1 unspecified atom stereocenters. The number of amides is 1. The number of carbonyl (C=O) groups excluding carboxylic acids is 1. The maximum Gasteiger partial charge on any atom is 0.255 e. The third kappa shape index (κ3) is 3.83. The number of hydrogen-bond donors (Lipinski definition) is 2. The molecule has 1 heterocycles. The molecular weight excluding hydrogens is 240 g/mol. The van der Waals surface area contributed by atoms with Gasteiger partial charge in [-0.2, -0.15) is 0 Å². The first-order valence-electron chi connectivity index (χ1n) is 6.65. The van der Waals surface area contributed by atoms with E-state index in [-0.39, 0.29) is 11.9 Å². The summed E-state index contributed by atoms with van der Waals surface area (Å²) in [4.78, 5) is 12.3. The van der Waals surface area contributed by atoms with Crippen LogP contribution in [-0.2, 0) is 0 Å². The topological polar surface area (TPSA) is 50.4 Å². The van der Waals surface area contributed by atoms with Crippen LogP contribution in [0.25, 0.3) is 0 Å². The summed E-state index contributed by atoms with van der Waals surface area (Å²) in [5, 5.41) is 6.33. The van der Waals surface area contributed by atoms with E-state index in [1.54, 1.807) is 18.2 Å². The Labute approximate surface area is 113 Å². The van der Waals surface area contributed by atoms with Crippen molar-refractivity contribution in [3.8, 4) is 5.75 Å². The second kappa shape index (κ2) is 6.95. The standard InChI is InChI=1S/C15H20N2O2/c1-2-10-19-14-8-4-3-7-13(14)15(18)17-12-6-5-9-16-11-12/h2-4,7-8,12,16H,1,5-6,9-11H2,(H,17,18). The summed E-state index contributed by atoms with van der Waals surface area (Å²) >= 11 is 0.